The maximum Gasteiger partial charge on any atom is 0.274 e. The average Bonchev–Trinajstić information content (AvgIpc) is 3.27. The molecule has 0 saturated carbocycles. The number of hydrogen-bond donors (Lipinski definition) is 2. The van der Waals surface area contributed by atoms with Crippen LogP contribution in [0.25, 0.3) is 0 Å². The van der Waals surface area contributed by atoms with Gasteiger partial charge in [-0.05, 0) is 39.0 Å². The van der Waals surface area contributed by atoms with Crippen LogP contribution in [0.5, 0.6) is 0 Å². The summed E-state index contributed by atoms with van der Waals surface area (Å²) < 4.78 is 6.72. The molecule has 2 aromatic heterocycles. The Hall–Kier alpha value is -2.68. The highest BCUT2D eigenvalue weighted by Crippen LogP contribution is 2.25. The quantitative estimate of drug-likeness (QED) is 0.797. The Kier molecular flexibility index (Phi) is 4.92. The smallest absolute Gasteiger partial charge is 0.274 e. The molecule has 1 saturated heterocycles. The number of aromatic nitrogens is 3. The zero-order valence-electron chi connectivity index (χ0n) is 16.1. The van der Waals surface area contributed by atoms with Crippen molar-refractivity contribution in [2.45, 2.75) is 51.2 Å². The van der Waals surface area contributed by atoms with Crippen LogP contribution in [0, 0.1) is 6.92 Å². The number of β-amino-alcohol motifs (C(OH)–C–C–N with tert-alkyl or cyclic N) is 1. The number of carbonyl (C=O) groups is 2. The van der Waals surface area contributed by atoms with Crippen molar-refractivity contribution in [2.75, 3.05) is 13.1 Å². The number of aryl methyl sites for hydroxylation is 2. The van der Waals surface area contributed by atoms with Crippen LogP contribution in [0.2, 0.25) is 0 Å². The lowest BCUT2D eigenvalue weighted by Crippen LogP contribution is -2.55. The molecule has 150 valence electrons. The first-order valence-electron chi connectivity index (χ1n) is 9.70. The van der Waals surface area contributed by atoms with E-state index in [1.54, 1.807) is 17.9 Å². The number of hydrogen-bond acceptors (Lipinski definition) is 6. The number of piperidine rings is 1. The summed E-state index contributed by atoms with van der Waals surface area (Å²) in [7, 11) is 1.88. The van der Waals surface area contributed by atoms with Crippen molar-refractivity contribution in [1.82, 2.24) is 25.2 Å². The van der Waals surface area contributed by atoms with Crippen molar-refractivity contribution < 1.29 is 19.2 Å². The van der Waals surface area contributed by atoms with Crippen LogP contribution in [-0.4, -0.2) is 62.0 Å². The third kappa shape index (κ3) is 3.42. The van der Waals surface area contributed by atoms with E-state index in [1.165, 1.54) is 0 Å². The van der Waals surface area contributed by atoms with Gasteiger partial charge < -0.3 is 19.8 Å². The van der Waals surface area contributed by atoms with Crippen LogP contribution in [-0.2, 0) is 19.9 Å². The zero-order chi connectivity index (χ0) is 19.8. The van der Waals surface area contributed by atoms with E-state index in [0.717, 1.165) is 36.9 Å². The largest absolute Gasteiger partial charge is 0.389 e. The van der Waals surface area contributed by atoms with Gasteiger partial charge in [-0.1, -0.05) is 5.16 Å². The number of nitrogens with zero attached hydrogens (tertiary/aromatic N) is 4. The topological polar surface area (TPSA) is 113 Å². The molecule has 2 aliphatic rings. The van der Waals surface area contributed by atoms with Gasteiger partial charge in [0.25, 0.3) is 11.8 Å². The van der Waals surface area contributed by atoms with Crippen LogP contribution in [0.15, 0.2) is 10.6 Å². The molecule has 28 heavy (non-hydrogen) atoms. The van der Waals surface area contributed by atoms with Crippen LogP contribution >= 0.6 is 0 Å². The molecule has 0 bridgehead atoms. The van der Waals surface area contributed by atoms with Crippen molar-refractivity contribution >= 4 is 11.8 Å². The van der Waals surface area contributed by atoms with Gasteiger partial charge in [0, 0.05) is 37.5 Å². The molecule has 2 N–H and O–H groups in total. The predicted octanol–water partition coefficient (Wildman–Crippen LogP) is 0.601. The zero-order valence-corrected chi connectivity index (χ0v) is 16.1. The first kappa shape index (κ1) is 18.7. The molecule has 1 fully saturated rings. The second-order valence-electron chi connectivity index (χ2n) is 7.61. The van der Waals surface area contributed by atoms with E-state index in [2.05, 4.69) is 15.6 Å². The fourth-order valence-electron chi connectivity index (χ4n) is 4.09. The standard InChI is InChI=1S/C19H25N5O4/c1-11-9-14(22-28-11)18(26)20-13-7-8-24(10-16(13)25)19(27)17-12-5-3-4-6-15(12)23(2)21-17/h9,13,16,25H,3-8,10H2,1-2H3,(H,20,26)/t13-,16-/m1/s1. The molecule has 0 radical (unpaired) electrons. The third-order valence-corrected chi connectivity index (χ3v) is 5.61. The van der Waals surface area contributed by atoms with Crippen LogP contribution in [0.3, 0.4) is 0 Å². The molecular weight excluding hydrogens is 362 g/mol. The molecule has 0 spiro atoms. The SMILES string of the molecule is Cc1cc(C(=O)N[C@@H]2CCN(C(=O)c3nn(C)c4c3CCCC4)C[C@H]2O)no1. The van der Waals surface area contributed by atoms with Gasteiger partial charge in [-0.2, -0.15) is 5.10 Å². The summed E-state index contributed by atoms with van der Waals surface area (Å²) in [5, 5.41) is 21.4. The second kappa shape index (κ2) is 7.38. The summed E-state index contributed by atoms with van der Waals surface area (Å²) in [6.07, 6.45) is 3.62. The summed E-state index contributed by atoms with van der Waals surface area (Å²) in [6, 6.07) is 1.11. The van der Waals surface area contributed by atoms with Gasteiger partial charge in [-0.3, -0.25) is 14.3 Å². The minimum absolute atomic E-state index is 0.144. The van der Waals surface area contributed by atoms with Crippen molar-refractivity contribution in [3.05, 3.63) is 34.5 Å². The number of carbonyl (C=O) groups excluding carboxylic acids is 2. The number of likely N-dealkylation sites (tertiary alicyclic amines) is 1. The van der Waals surface area contributed by atoms with Crippen molar-refractivity contribution in [3.63, 3.8) is 0 Å². The number of amides is 2. The second-order valence-corrected chi connectivity index (χ2v) is 7.61. The molecule has 2 aromatic rings. The lowest BCUT2D eigenvalue weighted by molar-refractivity contribution is 0.0309. The van der Waals surface area contributed by atoms with E-state index < -0.39 is 12.1 Å². The molecule has 1 aliphatic carbocycles. The maximum atomic E-state index is 13.0. The Morgan fingerprint density at radius 3 is 2.82 bits per heavy atom. The van der Waals surface area contributed by atoms with Gasteiger partial charge in [0.05, 0.1) is 12.1 Å². The number of rotatable bonds is 3. The van der Waals surface area contributed by atoms with Gasteiger partial charge >= 0.3 is 0 Å². The van der Waals surface area contributed by atoms with E-state index in [0.29, 0.717) is 24.4 Å². The Morgan fingerprint density at radius 1 is 1.32 bits per heavy atom. The van der Waals surface area contributed by atoms with E-state index in [4.69, 9.17) is 4.52 Å². The third-order valence-electron chi connectivity index (χ3n) is 5.61. The average molecular weight is 387 g/mol. The number of aliphatic hydroxyl groups is 1. The summed E-state index contributed by atoms with van der Waals surface area (Å²) in [5.41, 5.74) is 2.87. The normalized spacial score (nSPS) is 22.0. The van der Waals surface area contributed by atoms with Crippen LogP contribution < -0.4 is 5.32 Å². The van der Waals surface area contributed by atoms with E-state index in [1.807, 2.05) is 11.7 Å². The molecule has 9 nitrogen and oxygen atoms in total. The molecule has 4 rings (SSSR count). The Labute approximate surface area is 162 Å². The summed E-state index contributed by atoms with van der Waals surface area (Å²) >= 11 is 0. The lowest BCUT2D eigenvalue weighted by atomic mass is 9.94. The first-order chi connectivity index (χ1) is 13.4. The summed E-state index contributed by atoms with van der Waals surface area (Å²) in [5.74, 6) is 0.0129. The fourth-order valence-corrected chi connectivity index (χ4v) is 4.09. The fraction of sp³-hybridized carbons (Fsp3) is 0.579. The molecule has 9 heteroatoms. The maximum absolute atomic E-state index is 13.0. The molecule has 0 unspecified atom stereocenters. The minimum atomic E-state index is -0.853. The van der Waals surface area contributed by atoms with Crippen molar-refractivity contribution in [3.8, 4) is 0 Å². The lowest BCUT2D eigenvalue weighted by Gasteiger charge is -2.36. The Bertz CT molecular complexity index is 902. The van der Waals surface area contributed by atoms with Crippen molar-refractivity contribution in [1.29, 1.82) is 0 Å². The molecular formula is C19H25N5O4. The number of aliphatic hydroxyl groups excluding tert-OH is 1. The van der Waals surface area contributed by atoms with Gasteiger partial charge in [0.1, 0.15) is 5.76 Å². The molecule has 2 amide bonds. The first-order valence-corrected chi connectivity index (χ1v) is 9.70. The van der Waals surface area contributed by atoms with Gasteiger partial charge in [-0.15, -0.1) is 0 Å². The predicted molar refractivity (Wildman–Crippen MR) is 98.9 cm³/mol. The van der Waals surface area contributed by atoms with E-state index in [9.17, 15) is 14.7 Å². The van der Waals surface area contributed by atoms with Gasteiger partial charge in [0.2, 0.25) is 0 Å². The number of fused-ring (bicyclic) bond motifs is 1. The highest BCUT2D eigenvalue weighted by atomic mass is 16.5. The summed E-state index contributed by atoms with van der Waals surface area (Å²) in [6.45, 7) is 2.32. The van der Waals surface area contributed by atoms with Gasteiger partial charge in [0.15, 0.2) is 11.4 Å². The number of nitrogens with one attached hydrogen (secondary N) is 1. The highest BCUT2D eigenvalue weighted by molar-refractivity contribution is 5.94. The highest BCUT2D eigenvalue weighted by Gasteiger charge is 2.34. The molecule has 2 atom stereocenters. The van der Waals surface area contributed by atoms with Crippen molar-refractivity contribution in [2.24, 2.45) is 7.05 Å². The monoisotopic (exact) mass is 387 g/mol. The van der Waals surface area contributed by atoms with Crippen LogP contribution in [0.1, 0.15) is 57.3 Å². The van der Waals surface area contributed by atoms with E-state index in [-0.39, 0.29) is 24.1 Å². The molecule has 0 aromatic carbocycles. The summed E-state index contributed by atoms with van der Waals surface area (Å²) in [4.78, 5) is 26.9. The van der Waals surface area contributed by atoms with Crippen LogP contribution in [0.4, 0.5) is 0 Å². The molecule has 3 heterocycles. The Balaban J connectivity index is 1.41. The van der Waals surface area contributed by atoms with Gasteiger partial charge in [-0.25, -0.2) is 0 Å². The van der Waals surface area contributed by atoms with E-state index >= 15 is 0 Å². The molecule has 1 aliphatic heterocycles. The minimum Gasteiger partial charge on any atom is -0.389 e. The Morgan fingerprint density at radius 2 is 2.11 bits per heavy atom.